The van der Waals surface area contributed by atoms with Crippen molar-refractivity contribution in [2.24, 2.45) is 0 Å². The fraction of sp³-hybridized carbons (Fsp3) is 0.214. The molecule has 4 rings (SSSR count). The van der Waals surface area contributed by atoms with Crippen LogP contribution in [0.1, 0.15) is 27.0 Å². The van der Waals surface area contributed by atoms with Gasteiger partial charge in [-0.15, -0.1) is 0 Å². The maximum absolute atomic E-state index is 13.5. The smallest absolute Gasteiger partial charge is 0.323 e. The molecule has 2 amide bonds. The zero-order chi connectivity index (χ0) is 25.5. The number of hydrogen-bond acceptors (Lipinski definition) is 5. The van der Waals surface area contributed by atoms with Gasteiger partial charge in [-0.3, -0.25) is 19.2 Å². The molecule has 0 spiro atoms. The maximum Gasteiger partial charge on any atom is 0.323 e. The van der Waals surface area contributed by atoms with E-state index in [4.69, 9.17) is 0 Å². The number of benzene rings is 3. The number of nitrogens with zero attached hydrogens (tertiary/aromatic N) is 1. The van der Waals surface area contributed by atoms with Crippen molar-refractivity contribution in [1.82, 2.24) is 10.2 Å². The van der Waals surface area contributed by atoms with Gasteiger partial charge in [0.05, 0.1) is 5.25 Å². The fourth-order valence-electron chi connectivity index (χ4n) is 4.18. The molecule has 184 valence electrons. The summed E-state index contributed by atoms with van der Waals surface area (Å²) in [5.41, 5.74) is 3.09. The van der Waals surface area contributed by atoms with Crippen molar-refractivity contribution >= 4 is 34.7 Å². The van der Waals surface area contributed by atoms with Crippen LogP contribution in [0, 0.1) is 0 Å². The van der Waals surface area contributed by atoms with Gasteiger partial charge in [-0.1, -0.05) is 96.7 Å². The number of carbonyl (C=O) groups is 4. The van der Waals surface area contributed by atoms with Crippen molar-refractivity contribution in [3.8, 4) is 0 Å². The molecule has 0 aliphatic carbocycles. The molecule has 1 heterocycles. The van der Waals surface area contributed by atoms with Crippen LogP contribution in [-0.2, 0) is 33.8 Å². The molecular weight excluding hydrogens is 476 g/mol. The largest absolute Gasteiger partial charge is 0.480 e. The first kappa shape index (κ1) is 25.2. The average molecular weight is 503 g/mol. The Bertz CT molecular complexity index is 1250. The number of hydrogen-bond donors (Lipinski definition) is 2. The first-order valence-corrected chi connectivity index (χ1v) is 12.5. The lowest BCUT2D eigenvalue weighted by Gasteiger charge is -2.25. The number of rotatable bonds is 8. The molecule has 2 unspecified atom stereocenters. The lowest BCUT2D eigenvalue weighted by atomic mass is 10.0. The lowest BCUT2D eigenvalue weighted by molar-refractivity contribution is -0.146. The lowest BCUT2D eigenvalue weighted by Crippen LogP contribution is -2.51. The normalized spacial score (nSPS) is 15.9. The second-order valence-electron chi connectivity index (χ2n) is 8.57. The Kier molecular flexibility index (Phi) is 8.17. The van der Waals surface area contributed by atoms with Crippen LogP contribution in [0.3, 0.4) is 0 Å². The molecule has 1 aliphatic heterocycles. The van der Waals surface area contributed by atoms with Gasteiger partial charge in [0.1, 0.15) is 12.6 Å². The highest BCUT2D eigenvalue weighted by Crippen LogP contribution is 2.24. The molecule has 2 atom stereocenters. The number of fused-ring (bicyclic) bond motifs is 1. The summed E-state index contributed by atoms with van der Waals surface area (Å²) in [6.07, 6.45) is 0.540. The van der Waals surface area contributed by atoms with E-state index in [-0.39, 0.29) is 18.1 Å². The molecule has 8 heteroatoms. The summed E-state index contributed by atoms with van der Waals surface area (Å²) in [7, 11) is 0. The van der Waals surface area contributed by atoms with Gasteiger partial charge in [-0.25, -0.2) is 0 Å². The highest BCUT2D eigenvalue weighted by molar-refractivity contribution is 8.15. The summed E-state index contributed by atoms with van der Waals surface area (Å²) >= 11 is 0.923. The van der Waals surface area contributed by atoms with E-state index < -0.39 is 35.6 Å². The fourth-order valence-corrected chi connectivity index (χ4v) is 5.17. The van der Waals surface area contributed by atoms with Crippen molar-refractivity contribution in [2.45, 2.75) is 30.7 Å². The van der Waals surface area contributed by atoms with Crippen LogP contribution in [-0.4, -0.2) is 50.7 Å². The Morgan fingerprint density at radius 2 is 1.53 bits per heavy atom. The Morgan fingerprint density at radius 1 is 0.917 bits per heavy atom. The summed E-state index contributed by atoms with van der Waals surface area (Å²) in [6, 6.07) is 24.6. The minimum atomic E-state index is -1.13. The second-order valence-corrected chi connectivity index (χ2v) is 9.75. The van der Waals surface area contributed by atoms with Crippen LogP contribution >= 0.6 is 11.8 Å². The topological polar surface area (TPSA) is 104 Å². The quantitative estimate of drug-likeness (QED) is 0.490. The van der Waals surface area contributed by atoms with Gasteiger partial charge < -0.3 is 15.3 Å². The summed E-state index contributed by atoms with van der Waals surface area (Å²) < 4.78 is 0. The predicted molar refractivity (Wildman–Crippen MR) is 137 cm³/mol. The van der Waals surface area contributed by atoms with Crippen LogP contribution in [0.2, 0.25) is 0 Å². The van der Waals surface area contributed by atoms with Gasteiger partial charge in [0.2, 0.25) is 16.9 Å². The van der Waals surface area contributed by atoms with Gasteiger partial charge >= 0.3 is 5.97 Å². The van der Waals surface area contributed by atoms with E-state index in [1.165, 1.54) is 4.90 Å². The molecule has 3 aromatic rings. The van der Waals surface area contributed by atoms with Gasteiger partial charge in [-0.05, 0) is 23.1 Å². The monoisotopic (exact) mass is 502 g/mol. The molecule has 0 bridgehead atoms. The number of amides is 2. The molecule has 0 saturated heterocycles. The number of carboxylic acids is 1. The van der Waals surface area contributed by atoms with Crippen LogP contribution in [0.15, 0.2) is 84.9 Å². The van der Waals surface area contributed by atoms with Crippen molar-refractivity contribution in [1.29, 1.82) is 0 Å². The number of thioether (sulfide) groups is 1. The number of aliphatic carboxylic acids is 1. The number of carboxylic acid groups (broad SMARTS) is 1. The van der Waals surface area contributed by atoms with Crippen molar-refractivity contribution in [3.05, 3.63) is 107 Å². The minimum Gasteiger partial charge on any atom is -0.480 e. The standard InChI is InChI=1S/C28H26N2O5S/c31-25(32)18-30-17-22-14-8-7-13-21(22)16-23(27(30)34)29-26(33)24(15-19-9-3-1-4-10-19)36-28(35)20-11-5-2-6-12-20/h1-14,23-24H,15-18H2,(H,29,33)(H,31,32). The van der Waals surface area contributed by atoms with Gasteiger partial charge in [0.15, 0.2) is 0 Å². The Balaban J connectivity index is 1.58. The van der Waals surface area contributed by atoms with E-state index in [1.54, 1.807) is 24.3 Å². The first-order chi connectivity index (χ1) is 17.4. The molecule has 36 heavy (non-hydrogen) atoms. The third kappa shape index (κ3) is 6.40. The third-order valence-corrected chi connectivity index (χ3v) is 7.09. The van der Waals surface area contributed by atoms with E-state index in [1.807, 2.05) is 60.7 Å². The van der Waals surface area contributed by atoms with Gasteiger partial charge in [-0.2, -0.15) is 0 Å². The molecule has 1 aliphatic rings. The summed E-state index contributed by atoms with van der Waals surface area (Å²) in [5, 5.41) is 11.1. The van der Waals surface area contributed by atoms with E-state index in [9.17, 15) is 24.3 Å². The molecule has 0 saturated carbocycles. The Labute approximate surface area is 213 Å². The van der Waals surface area contributed by atoms with Crippen molar-refractivity contribution in [2.75, 3.05) is 6.54 Å². The Hall–Kier alpha value is -3.91. The van der Waals surface area contributed by atoms with Gasteiger partial charge in [0.25, 0.3) is 0 Å². The molecule has 7 nitrogen and oxygen atoms in total. The minimum absolute atomic E-state index is 0.155. The highest BCUT2D eigenvalue weighted by Gasteiger charge is 2.34. The Morgan fingerprint density at radius 3 is 2.19 bits per heavy atom. The molecule has 3 aromatic carbocycles. The van der Waals surface area contributed by atoms with E-state index in [0.717, 1.165) is 28.5 Å². The van der Waals surface area contributed by atoms with Gasteiger partial charge in [0, 0.05) is 18.5 Å². The van der Waals surface area contributed by atoms with Crippen molar-refractivity contribution in [3.63, 3.8) is 0 Å². The summed E-state index contributed by atoms with van der Waals surface area (Å²) in [4.78, 5) is 52.4. The summed E-state index contributed by atoms with van der Waals surface area (Å²) in [5.74, 6) is -2.03. The maximum atomic E-state index is 13.5. The van der Waals surface area contributed by atoms with Crippen LogP contribution in [0.25, 0.3) is 0 Å². The number of carbonyl (C=O) groups excluding carboxylic acids is 3. The van der Waals surface area contributed by atoms with Crippen molar-refractivity contribution < 1.29 is 24.3 Å². The van der Waals surface area contributed by atoms with Crippen LogP contribution in [0.4, 0.5) is 0 Å². The zero-order valence-electron chi connectivity index (χ0n) is 19.5. The second kappa shape index (κ2) is 11.7. The third-order valence-electron chi connectivity index (χ3n) is 5.97. The van der Waals surface area contributed by atoms with Crippen LogP contribution < -0.4 is 5.32 Å². The highest BCUT2D eigenvalue weighted by atomic mass is 32.2. The van der Waals surface area contributed by atoms with E-state index in [0.29, 0.717) is 12.0 Å². The molecule has 2 N–H and O–H groups in total. The molecule has 0 radical (unpaired) electrons. The number of nitrogens with one attached hydrogen (secondary N) is 1. The van der Waals surface area contributed by atoms with E-state index in [2.05, 4.69) is 5.32 Å². The predicted octanol–water partition coefficient (Wildman–Crippen LogP) is 3.33. The SMILES string of the molecule is O=C(O)CN1Cc2ccccc2CC(NC(=O)C(Cc2ccccc2)SC(=O)c2ccccc2)C1=O. The molecule has 0 fully saturated rings. The summed E-state index contributed by atoms with van der Waals surface area (Å²) in [6.45, 7) is -0.309. The first-order valence-electron chi connectivity index (χ1n) is 11.6. The average Bonchev–Trinajstić information content (AvgIpc) is 3.00. The zero-order valence-corrected chi connectivity index (χ0v) is 20.3. The van der Waals surface area contributed by atoms with Crippen LogP contribution in [0.5, 0.6) is 0 Å². The van der Waals surface area contributed by atoms with E-state index >= 15 is 0 Å². The molecule has 0 aromatic heterocycles. The molecular formula is C28H26N2O5S.